The molecule has 3 aromatic carbocycles. The third-order valence-electron chi connectivity index (χ3n) is 4.65. The summed E-state index contributed by atoms with van der Waals surface area (Å²) in [5.41, 5.74) is 0.685. The predicted molar refractivity (Wildman–Crippen MR) is 107 cm³/mol. The van der Waals surface area contributed by atoms with Gasteiger partial charge in [-0.2, -0.15) is 0 Å². The predicted octanol–water partition coefficient (Wildman–Crippen LogP) is 4.49. The van der Waals surface area contributed by atoms with Gasteiger partial charge >= 0.3 is 5.97 Å². The Morgan fingerprint density at radius 3 is 2.20 bits per heavy atom. The summed E-state index contributed by atoms with van der Waals surface area (Å²) >= 11 is 6.33. The van der Waals surface area contributed by atoms with Gasteiger partial charge in [0.15, 0.2) is 11.6 Å². The molecule has 5 nitrogen and oxygen atoms in total. The van der Waals surface area contributed by atoms with Crippen molar-refractivity contribution in [2.24, 2.45) is 0 Å². The van der Waals surface area contributed by atoms with Gasteiger partial charge in [0.1, 0.15) is 24.8 Å². The molecule has 0 spiro atoms. The summed E-state index contributed by atoms with van der Waals surface area (Å²) in [6.07, 6.45) is 0. The van der Waals surface area contributed by atoms with Gasteiger partial charge in [0.25, 0.3) is 0 Å². The third-order valence-corrected chi connectivity index (χ3v) is 5.04. The van der Waals surface area contributed by atoms with Crippen LogP contribution in [0, 0.1) is 5.82 Å². The van der Waals surface area contributed by atoms with Crippen molar-refractivity contribution in [2.45, 2.75) is 0 Å². The Morgan fingerprint density at radius 2 is 1.50 bits per heavy atom. The number of halogens is 2. The first kappa shape index (κ1) is 19.8. The van der Waals surface area contributed by atoms with Gasteiger partial charge in [0.2, 0.25) is 0 Å². The first-order valence-electron chi connectivity index (χ1n) is 9.04. The summed E-state index contributed by atoms with van der Waals surface area (Å²) in [4.78, 5) is 38.0. The number of benzene rings is 3. The van der Waals surface area contributed by atoms with Crippen LogP contribution in [0.4, 0.5) is 4.39 Å². The van der Waals surface area contributed by atoms with E-state index in [1.165, 1.54) is 36.4 Å². The van der Waals surface area contributed by atoms with Crippen LogP contribution in [-0.4, -0.2) is 30.7 Å². The summed E-state index contributed by atoms with van der Waals surface area (Å²) in [7, 11) is 0. The number of hydrogen-bond acceptors (Lipinski definition) is 5. The zero-order chi connectivity index (χ0) is 21.3. The van der Waals surface area contributed by atoms with Crippen molar-refractivity contribution in [3.8, 4) is 5.75 Å². The number of ketones is 2. The van der Waals surface area contributed by atoms with Crippen LogP contribution < -0.4 is 4.74 Å². The van der Waals surface area contributed by atoms with E-state index in [4.69, 9.17) is 21.1 Å². The molecular formula is C23H14ClFO5. The van der Waals surface area contributed by atoms with Gasteiger partial charge in [0, 0.05) is 16.7 Å². The lowest BCUT2D eigenvalue weighted by molar-refractivity contribution is 0.0450. The van der Waals surface area contributed by atoms with Crippen LogP contribution in [0.1, 0.15) is 42.2 Å². The monoisotopic (exact) mass is 424 g/mol. The molecule has 0 heterocycles. The van der Waals surface area contributed by atoms with Crippen LogP contribution in [0.3, 0.4) is 0 Å². The molecule has 0 bridgehead atoms. The van der Waals surface area contributed by atoms with E-state index < -0.39 is 11.8 Å². The quantitative estimate of drug-likeness (QED) is 0.349. The molecule has 1 aliphatic carbocycles. The second-order valence-electron chi connectivity index (χ2n) is 6.49. The molecule has 150 valence electrons. The summed E-state index contributed by atoms with van der Waals surface area (Å²) in [6.45, 7) is -0.0376. The van der Waals surface area contributed by atoms with Crippen LogP contribution in [0.5, 0.6) is 5.75 Å². The maximum Gasteiger partial charge on any atom is 0.339 e. The molecule has 4 rings (SSSR count). The molecule has 3 aromatic rings. The Morgan fingerprint density at radius 1 is 0.833 bits per heavy atom. The van der Waals surface area contributed by atoms with Gasteiger partial charge < -0.3 is 9.47 Å². The largest absolute Gasteiger partial charge is 0.490 e. The molecule has 0 radical (unpaired) electrons. The highest BCUT2D eigenvalue weighted by Gasteiger charge is 2.33. The SMILES string of the molecule is O=C(OCCOc1ccc(F)cc1)c1ccc2c(c1Cl)C(=O)c1ccccc1C2=O. The minimum Gasteiger partial charge on any atom is -0.490 e. The molecule has 0 saturated heterocycles. The molecule has 0 saturated carbocycles. The first-order chi connectivity index (χ1) is 14.5. The Bertz CT molecular complexity index is 1170. The van der Waals surface area contributed by atoms with Crippen LogP contribution in [-0.2, 0) is 4.74 Å². The summed E-state index contributed by atoms with van der Waals surface area (Å²) in [5.74, 6) is -1.44. The average molecular weight is 425 g/mol. The molecule has 0 N–H and O–H groups in total. The van der Waals surface area contributed by atoms with Crippen molar-refractivity contribution < 1.29 is 28.2 Å². The topological polar surface area (TPSA) is 69.7 Å². The molecule has 7 heteroatoms. The minimum atomic E-state index is -0.746. The van der Waals surface area contributed by atoms with Crippen LogP contribution >= 0.6 is 11.6 Å². The molecule has 0 amide bonds. The van der Waals surface area contributed by atoms with E-state index in [2.05, 4.69) is 0 Å². The summed E-state index contributed by atoms with van der Waals surface area (Å²) < 4.78 is 23.4. The van der Waals surface area contributed by atoms with Crippen LogP contribution in [0.2, 0.25) is 5.02 Å². The molecule has 0 atom stereocenters. The standard InChI is InChI=1S/C23H14ClFO5/c24-20-18(23(28)30-12-11-29-14-7-5-13(25)6-8-14)10-9-17-19(20)22(27)16-4-2-1-3-15(16)21(17)26/h1-10H,11-12H2. The zero-order valence-corrected chi connectivity index (χ0v) is 16.2. The molecule has 1 aliphatic rings. The Labute approximate surface area is 176 Å². The van der Waals surface area contributed by atoms with Crippen LogP contribution in [0.15, 0.2) is 60.7 Å². The maximum atomic E-state index is 12.9. The van der Waals surface area contributed by atoms with E-state index in [0.29, 0.717) is 11.3 Å². The van der Waals surface area contributed by atoms with Gasteiger partial charge in [-0.05, 0) is 36.4 Å². The zero-order valence-electron chi connectivity index (χ0n) is 15.5. The van der Waals surface area contributed by atoms with Gasteiger partial charge in [-0.3, -0.25) is 9.59 Å². The van der Waals surface area contributed by atoms with Gasteiger partial charge in [-0.1, -0.05) is 35.9 Å². The Kier molecular flexibility index (Phi) is 5.33. The lowest BCUT2D eigenvalue weighted by Crippen LogP contribution is -2.22. The van der Waals surface area contributed by atoms with E-state index in [-0.39, 0.29) is 52.1 Å². The smallest absolute Gasteiger partial charge is 0.339 e. The second kappa shape index (κ2) is 8.08. The second-order valence-corrected chi connectivity index (χ2v) is 6.87. The molecular weight excluding hydrogens is 411 g/mol. The fourth-order valence-corrected chi connectivity index (χ4v) is 3.53. The van der Waals surface area contributed by atoms with Gasteiger partial charge in [-0.25, -0.2) is 9.18 Å². The van der Waals surface area contributed by atoms with Crippen molar-refractivity contribution in [1.82, 2.24) is 0 Å². The number of rotatable bonds is 5. The van der Waals surface area contributed by atoms with E-state index in [0.717, 1.165) is 0 Å². The van der Waals surface area contributed by atoms with E-state index in [9.17, 15) is 18.8 Å². The number of carbonyl (C=O) groups excluding carboxylic acids is 3. The van der Waals surface area contributed by atoms with Crippen molar-refractivity contribution in [3.63, 3.8) is 0 Å². The maximum absolute atomic E-state index is 12.9. The number of hydrogen-bond donors (Lipinski definition) is 0. The number of carbonyl (C=O) groups is 3. The molecule has 30 heavy (non-hydrogen) atoms. The lowest BCUT2D eigenvalue weighted by atomic mass is 9.83. The molecule has 0 aliphatic heterocycles. The van der Waals surface area contributed by atoms with Gasteiger partial charge in [0.05, 0.1) is 16.1 Å². The van der Waals surface area contributed by atoms with E-state index >= 15 is 0 Å². The van der Waals surface area contributed by atoms with E-state index in [1.807, 2.05) is 0 Å². The highest BCUT2D eigenvalue weighted by Crippen LogP contribution is 2.34. The van der Waals surface area contributed by atoms with Crippen molar-refractivity contribution in [3.05, 3.63) is 99.3 Å². The highest BCUT2D eigenvalue weighted by molar-refractivity contribution is 6.41. The Hall–Kier alpha value is -3.51. The third kappa shape index (κ3) is 3.57. The van der Waals surface area contributed by atoms with Gasteiger partial charge in [-0.15, -0.1) is 0 Å². The first-order valence-corrected chi connectivity index (χ1v) is 9.41. The van der Waals surface area contributed by atoms with Crippen molar-refractivity contribution >= 4 is 29.1 Å². The minimum absolute atomic E-state index is 0.00243. The lowest BCUT2D eigenvalue weighted by Gasteiger charge is -2.19. The summed E-state index contributed by atoms with van der Waals surface area (Å²) in [6, 6.07) is 14.7. The van der Waals surface area contributed by atoms with Crippen molar-refractivity contribution in [2.75, 3.05) is 13.2 Å². The van der Waals surface area contributed by atoms with Crippen LogP contribution in [0.25, 0.3) is 0 Å². The Balaban J connectivity index is 1.49. The fraction of sp³-hybridized carbons (Fsp3) is 0.0870. The highest BCUT2D eigenvalue weighted by atomic mass is 35.5. The van der Waals surface area contributed by atoms with E-state index in [1.54, 1.807) is 24.3 Å². The average Bonchev–Trinajstić information content (AvgIpc) is 2.76. The number of ether oxygens (including phenoxy) is 2. The summed E-state index contributed by atoms with van der Waals surface area (Å²) in [5, 5.41) is -0.121. The van der Waals surface area contributed by atoms with Crippen molar-refractivity contribution in [1.29, 1.82) is 0 Å². The fourth-order valence-electron chi connectivity index (χ4n) is 3.21. The molecule has 0 aromatic heterocycles. The number of fused-ring (bicyclic) bond motifs is 2. The molecule has 0 fully saturated rings. The number of esters is 1. The molecule has 0 unspecified atom stereocenters. The normalized spacial score (nSPS) is 12.2.